The van der Waals surface area contributed by atoms with Gasteiger partial charge in [-0.05, 0) is 45.3 Å². The second-order valence-corrected chi connectivity index (χ2v) is 7.12. The van der Waals surface area contributed by atoms with Gasteiger partial charge in [0.15, 0.2) is 0 Å². The summed E-state index contributed by atoms with van der Waals surface area (Å²) in [6.07, 6.45) is 4.86. The van der Waals surface area contributed by atoms with Crippen LogP contribution in [0.4, 0.5) is 10.5 Å². The summed E-state index contributed by atoms with van der Waals surface area (Å²) in [7, 11) is 0. The first-order chi connectivity index (χ1) is 11.7. The van der Waals surface area contributed by atoms with Gasteiger partial charge in [-0.15, -0.1) is 0 Å². The van der Waals surface area contributed by atoms with Crippen LogP contribution < -0.4 is 0 Å². The molecule has 0 saturated carbocycles. The van der Waals surface area contributed by atoms with Gasteiger partial charge in [-0.3, -0.25) is 15.0 Å². The molecule has 0 aliphatic carbocycles. The molecular weight excluding hydrogens is 322 g/mol. The highest BCUT2D eigenvalue weighted by Crippen LogP contribution is 2.33. The van der Waals surface area contributed by atoms with Crippen LogP contribution in [0, 0.1) is 10.1 Å². The number of nitro benzene ring substituents is 1. The molecule has 0 saturated heterocycles. The molecule has 0 atom stereocenters. The maximum absolute atomic E-state index is 12.3. The molecule has 0 fully saturated rings. The highest BCUT2D eigenvalue weighted by molar-refractivity contribution is 5.94. The van der Waals surface area contributed by atoms with Crippen LogP contribution in [0.15, 0.2) is 30.6 Å². The number of aromatic nitrogens is 1. The summed E-state index contributed by atoms with van der Waals surface area (Å²) in [5.41, 5.74) is 2.17. The molecule has 7 heteroatoms. The van der Waals surface area contributed by atoms with Gasteiger partial charge in [0.2, 0.25) is 0 Å². The number of nitrogens with one attached hydrogen (secondary N) is 1. The lowest BCUT2D eigenvalue weighted by molar-refractivity contribution is -0.384. The van der Waals surface area contributed by atoms with Crippen LogP contribution >= 0.6 is 0 Å². The number of nitrogens with zero attached hydrogens (tertiary/aromatic N) is 2. The molecule has 0 radical (unpaired) electrons. The maximum Gasteiger partial charge on any atom is 0.414 e. The fourth-order valence-electron chi connectivity index (χ4n) is 2.91. The molecular formula is C18H21N3O4. The van der Waals surface area contributed by atoms with Crippen molar-refractivity contribution in [1.82, 2.24) is 9.88 Å². The van der Waals surface area contributed by atoms with Crippen LogP contribution in [0.1, 0.15) is 39.2 Å². The molecule has 1 aliphatic rings. The predicted octanol–water partition coefficient (Wildman–Crippen LogP) is 4.45. The number of aromatic amines is 1. The van der Waals surface area contributed by atoms with E-state index in [4.69, 9.17) is 4.74 Å². The van der Waals surface area contributed by atoms with Gasteiger partial charge in [-0.25, -0.2) is 4.79 Å². The van der Waals surface area contributed by atoms with Crippen molar-refractivity contribution < 1.29 is 14.5 Å². The third-order valence-corrected chi connectivity index (χ3v) is 4.01. The molecule has 1 amide bonds. The number of non-ortho nitro benzene ring substituents is 1. The van der Waals surface area contributed by atoms with E-state index in [1.165, 1.54) is 6.07 Å². The van der Waals surface area contributed by atoms with Crippen molar-refractivity contribution in [3.63, 3.8) is 0 Å². The van der Waals surface area contributed by atoms with E-state index in [2.05, 4.69) is 4.98 Å². The summed E-state index contributed by atoms with van der Waals surface area (Å²) in [5, 5.41) is 11.8. The fourth-order valence-corrected chi connectivity index (χ4v) is 2.91. The summed E-state index contributed by atoms with van der Waals surface area (Å²) in [6, 6.07) is 4.74. The van der Waals surface area contributed by atoms with Crippen LogP contribution in [0.5, 0.6) is 0 Å². The summed E-state index contributed by atoms with van der Waals surface area (Å²) in [4.78, 5) is 27.6. The number of fused-ring (bicyclic) bond motifs is 1. The van der Waals surface area contributed by atoms with Crippen molar-refractivity contribution >= 4 is 28.3 Å². The van der Waals surface area contributed by atoms with Crippen LogP contribution in [-0.2, 0) is 4.74 Å². The molecule has 2 heterocycles. The Hall–Kier alpha value is -2.83. The second kappa shape index (κ2) is 6.23. The molecule has 1 aliphatic heterocycles. The molecule has 0 spiro atoms. The Bertz CT molecular complexity index is 861. The number of carbonyl (C=O) groups excluding carboxylic acids is 1. The molecule has 1 aromatic carbocycles. The summed E-state index contributed by atoms with van der Waals surface area (Å²) >= 11 is 0. The molecule has 2 aromatic rings. The lowest BCUT2D eigenvalue weighted by Crippen LogP contribution is -2.35. The maximum atomic E-state index is 12.3. The number of allylic oxidation sites excluding steroid dienone is 1. The van der Waals surface area contributed by atoms with Crippen molar-refractivity contribution in [2.75, 3.05) is 6.54 Å². The van der Waals surface area contributed by atoms with Gasteiger partial charge in [0, 0.05) is 47.5 Å². The summed E-state index contributed by atoms with van der Waals surface area (Å²) < 4.78 is 5.43. The van der Waals surface area contributed by atoms with Gasteiger partial charge < -0.3 is 9.72 Å². The summed E-state index contributed by atoms with van der Waals surface area (Å²) in [6.45, 7) is 6.09. The van der Waals surface area contributed by atoms with Crippen molar-refractivity contribution in [1.29, 1.82) is 0 Å². The highest BCUT2D eigenvalue weighted by Gasteiger charge is 2.24. The standard InChI is InChI=1S/C18H21N3O4/c1-18(2,3)25-17(22)20-8-4-5-12(11-20)15-10-19-16-7-6-13(21(23)24)9-14(15)16/h6-7,9-11,19H,4-5,8H2,1-3H3. The fraction of sp³-hybridized carbons (Fsp3) is 0.389. The van der Waals surface area contributed by atoms with Gasteiger partial charge in [0.05, 0.1) is 4.92 Å². The highest BCUT2D eigenvalue weighted by atomic mass is 16.6. The van der Waals surface area contributed by atoms with E-state index in [0.717, 1.165) is 34.9 Å². The Morgan fingerprint density at radius 2 is 2.12 bits per heavy atom. The number of benzene rings is 1. The molecule has 3 rings (SSSR count). The minimum absolute atomic E-state index is 0.0498. The zero-order valence-electron chi connectivity index (χ0n) is 14.5. The second-order valence-electron chi connectivity index (χ2n) is 7.12. The van der Waals surface area contributed by atoms with E-state index in [9.17, 15) is 14.9 Å². The van der Waals surface area contributed by atoms with Gasteiger partial charge in [-0.1, -0.05) is 0 Å². The van der Waals surface area contributed by atoms with Crippen molar-refractivity contribution in [2.45, 2.75) is 39.2 Å². The Kier molecular flexibility index (Phi) is 4.24. The molecule has 0 bridgehead atoms. The topological polar surface area (TPSA) is 88.5 Å². The Balaban J connectivity index is 1.95. The SMILES string of the molecule is CC(C)(C)OC(=O)N1C=C(c2c[nH]c3ccc([N+](=O)[O-])cc23)CCC1. The van der Waals surface area contributed by atoms with Gasteiger partial charge in [0.1, 0.15) is 5.60 Å². The van der Waals surface area contributed by atoms with E-state index < -0.39 is 10.5 Å². The summed E-state index contributed by atoms with van der Waals surface area (Å²) in [5.74, 6) is 0. The lowest BCUT2D eigenvalue weighted by Gasteiger charge is -2.28. The number of carbonyl (C=O) groups is 1. The minimum Gasteiger partial charge on any atom is -0.443 e. The van der Waals surface area contributed by atoms with E-state index in [0.29, 0.717) is 6.54 Å². The van der Waals surface area contributed by atoms with Crippen molar-refractivity contribution in [3.8, 4) is 0 Å². The van der Waals surface area contributed by atoms with Crippen LogP contribution in [0.3, 0.4) is 0 Å². The van der Waals surface area contributed by atoms with Crippen LogP contribution in [-0.4, -0.2) is 33.0 Å². The lowest BCUT2D eigenvalue weighted by atomic mass is 9.98. The first-order valence-electron chi connectivity index (χ1n) is 8.21. The zero-order chi connectivity index (χ0) is 18.2. The average molecular weight is 343 g/mol. The Labute approximate surface area is 145 Å². The Morgan fingerprint density at radius 3 is 2.80 bits per heavy atom. The molecule has 7 nitrogen and oxygen atoms in total. The Morgan fingerprint density at radius 1 is 1.36 bits per heavy atom. The van der Waals surface area contributed by atoms with Crippen LogP contribution in [0.25, 0.3) is 16.5 Å². The van der Waals surface area contributed by atoms with Gasteiger partial charge in [0.25, 0.3) is 5.69 Å². The number of amides is 1. The molecule has 25 heavy (non-hydrogen) atoms. The molecule has 1 N–H and O–H groups in total. The third-order valence-electron chi connectivity index (χ3n) is 4.01. The van der Waals surface area contributed by atoms with E-state index in [1.54, 1.807) is 23.2 Å². The van der Waals surface area contributed by atoms with E-state index in [1.807, 2.05) is 27.0 Å². The van der Waals surface area contributed by atoms with Gasteiger partial charge in [-0.2, -0.15) is 0 Å². The predicted molar refractivity (Wildman–Crippen MR) is 95.1 cm³/mol. The largest absolute Gasteiger partial charge is 0.443 e. The number of nitro groups is 1. The molecule has 0 unspecified atom stereocenters. The smallest absolute Gasteiger partial charge is 0.414 e. The van der Waals surface area contributed by atoms with E-state index >= 15 is 0 Å². The van der Waals surface area contributed by atoms with Crippen molar-refractivity contribution in [2.24, 2.45) is 0 Å². The average Bonchev–Trinajstić information content (AvgIpc) is 2.96. The number of hydrogen-bond donors (Lipinski definition) is 1. The van der Waals surface area contributed by atoms with Crippen LogP contribution in [0.2, 0.25) is 0 Å². The third kappa shape index (κ3) is 3.65. The quantitative estimate of drug-likeness (QED) is 0.644. The number of H-pyrrole nitrogens is 1. The molecule has 132 valence electrons. The van der Waals surface area contributed by atoms with E-state index in [-0.39, 0.29) is 11.8 Å². The minimum atomic E-state index is -0.552. The normalized spacial score (nSPS) is 15.2. The number of ether oxygens (including phenoxy) is 1. The first kappa shape index (κ1) is 17.0. The number of hydrogen-bond acceptors (Lipinski definition) is 4. The van der Waals surface area contributed by atoms with Crippen molar-refractivity contribution in [3.05, 3.63) is 46.3 Å². The zero-order valence-corrected chi connectivity index (χ0v) is 14.5. The van der Waals surface area contributed by atoms with Gasteiger partial charge >= 0.3 is 6.09 Å². The number of rotatable bonds is 2. The monoisotopic (exact) mass is 343 g/mol. The molecule has 1 aromatic heterocycles. The first-order valence-corrected chi connectivity index (χ1v) is 8.21.